The van der Waals surface area contributed by atoms with Gasteiger partial charge in [0, 0.05) is 18.1 Å². The lowest BCUT2D eigenvalue weighted by Crippen LogP contribution is -2.30. The standard InChI is InChI=1S/C16H17BrN2O/c1-12-8-9-15(14(17)10-12)18-16(20)19(2)11-13-6-4-3-5-7-13/h3-10H,11H2,1-2H3,(H,18,20). The van der Waals surface area contributed by atoms with Crippen LogP contribution in [-0.2, 0) is 6.54 Å². The fourth-order valence-electron chi connectivity index (χ4n) is 1.86. The lowest BCUT2D eigenvalue weighted by molar-refractivity contribution is 0.220. The van der Waals surface area contributed by atoms with Crippen LogP contribution in [-0.4, -0.2) is 18.0 Å². The van der Waals surface area contributed by atoms with Gasteiger partial charge in [-0.1, -0.05) is 36.4 Å². The van der Waals surface area contributed by atoms with Gasteiger partial charge in [0.2, 0.25) is 0 Å². The Morgan fingerprint density at radius 2 is 1.90 bits per heavy atom. The van der Waals surface area contributed by atoms with Crippen molar-refractivity contribution in [1.29, 1.82) is 0 Å². The lowest BCUT2D eigenvalue weighted by atomic mass is 10.2. The largest absolute Gasteiger partial charge is 0.323 e. The lowest BCUT2D eigenvalue weighted by Gasteiger charge is -2.18. The van der Waals surface area contributed by atoms with E-state index in [4.69, 9.17) is 0 Å². The number of carbonyl (C=O) groups excluding carboxylic acids is 1. The van der Waals surface area contributed by atoms with Gasteiger partial charge >= 0.3 is 6.03 Å². The van der Waals surface area contributed by atoms with Crippen molar-refractivity contribution in [2.24, 2.45) is 0 Å². The highest BCUT2D eigenvalue weighted by Gasteiger charge is 2.10. The zero-order valence-electron chi connectivity index (χ0n) is 11.6. The number of benzene rings is 2. The van der Waals surface area contributed by atoms with Gasteiger partial charge < -0.3 is 10.2 Å². The van der Waals surface area contributed by atoms with Gasteiger partial charge in [0.1, 0.15) is 0 Å². The van der Waals surface area contributed by atoms with E-state index in [1.165, 1.54) is 0 Å². The quantitative estimate of drug-likeness (QED) is 0.886. The van der Waals surface area contributed by atoms with Crippen LogP contribution in [0, 0.1) is 6.92 Å². The maximum atomic E-state index is 12.1. The van der Waals surface area contributed by atoms with Crippen molar-refractivity contribution in [2.45, 2.75) is 13.5 Å². The van der Waals surface area contributed by atoms with Crippen molar-refractivity contribution in [2.75, 3.05) is 12.4 Å². The smallest absolute Gasteiger partial charge is 0.321 e. The average Bonchev–Trinajstić information content (AvgIpc) is 2.43. The van der Waals surface area contributed by atoms with Crippen molar-refractivity contribution in [3.8, 4) is 0 Å². The number of anilines is 1. The van der Waals surface area contributed by atoms with Crippen molar-refractivity contribution in [1.82, 2.24) is 4.90 Å². The third-order valence-corrected chi connectivity index (χ3v) is 3.63. The molecule has 0 saturated heterocycles. The third kappa shape index (κ3) is 3.84. The molecule has 0 radical (unpaired) electrons. The van der Waals surface area contributed by atoms with E-state index in [1.807, 2.05) is 55.5 Å². The molecule has 2 amide bonds. The summed E-state index contributed by atoms with van der Waals surface area (Å²) in [5.41, 5.74) is 3.03. The second-order valence-corrected chi connectivity index (χ2v) is 5.61. The van der Waals surface area contributed by atoms with E-state index in [0.717, 1.165) is 21.3 Å². The monoisotopic (exact) mass is 332 g/mol. The molecule has 0 atom stereocenters. The first-order chi connectivity index (χ1) is 9.56. The molecule has 0 aliphatic rings. The van der Waals surface area contributed by atoms with E-state index in [0.29, 0.717) is 6.54 Å². The van der Waals surface area contributed by atoms with Crippen LogP contribution in [0.2, 0.25) is 0 Å². The first-order valence-corrected chi connectivity index (χ1v) is 7.18. The molecule has 0 aliphatic carbocycles. The zero-order chi connectivity index (χ0) is 14.5. The number of hydrogen-bond acceptors (Lipinski definition) is 1. The molecule has 0 saturated carbocycles. The fourth-order valence-corrected chi connectivity index (χ4v) is 2.45. The molecule has 0 heterocycles. The van der Waals surface area contributed by atoms with Crippen LogP contribution in [0.3, 0.4) is 0 Å². The molecule has 104 valence electrons. The highest BCUT2D eigenvalue weighted by Crippen LogP contribution is 2.23. The van der Waals surface area contributed by atoms with Gasteiger partial charge in [-0.15, -0.1) is 0 Å². The Labute approximate surface area is 127 Å². The Balaban J connectivity index is 2.01. The summed E-state index contributed by atoms with van der Waals surface area (Å²) in [4.78, 5) is 13.8. The van der Waals surface area contributed by atoms with E-state index in [-0.39, 0.29) is 6.03 Å². The molecule has 2 aromatic carbocycles. The van der Waals surface area contributed by atoms with Gasteiger partial charge in [-0.05, 0) is 46.1 Å². The second-order valence-electron chi connectivity index (χ2n) is 4.76. The van der Waals surface area contributed by atoms with Crippen LogP contribution in [0.25, 0.3) is 0 Å². The number of carbonyl (C=O) groups is 1. The minimum absolute atomic E-state index is 0.126. The molecule has 0 bridgehead atoms. The van der Waals surface area contributed by atoms with Crippen LogP contribution < -0.4 is 5.32 Å². The highest BCUT2D eigenvalue weighted by molar-refractivity contribution is 9.10. The summed E-state index contributed by atoms with van der Waals surface area (Å²) in [7, 11) is 1.78. The van der Waals surface area contributed by atoms with Crippen LogP contribution in [0.15, 0.2) is 53.0 Å². The van der Waals surface area contributed by atoms with Gasteiger partial charge in [-0.3, -0.25) is 0 Å². The Bertz CT molecular complexity index is 599. The molecule has 0 aromatic heterocycles. The van der Waals surface area contributed by atoms with Gasteiger partial charge in [0.25, 0.3) is 0 Å². The number of nitrogens with one attached hydrogen (secondary N) is 1. The number of urea groups is 1. The van der Waals surface area contributed by atoms with Gasteiger partial charge in [0.05, 0.1) is 5.69 Å². The Hall–Kier alpha value is -1.81. The van der Waals surface area contributed by atoms with E-state index in [1.54, 1.807) is 11.9 Å². The summed E-state index contributed by atoms with van der Waals surface area (Å²) in [6.07, 6.45) is 0. The van der Waals surface area contributed by atoms with Crippen LogP contribution in [0.1, 0.15) is 11.1 Å². The maximum Gasteiger partial charge on any atom is 0.321 e. The van der Waals surface area contributed by atoms with Crippen LogP contribution >= 0.6 is 15.9 Å². The van der Waals surface area contributed by atoms with Crippen molar-refractivity contribution in [3.63, 3.8) is 0 Å². The zero-order valence-corrected chi connectivity index (χ0v) is 13.1. The molecular weight excluding hydrogens is 316 g/mol. The molecule has 0 spiro atoms. The number of hydrogen-bond donors (Lipinski definition) is 1. The molecule has 2 aromatic rings. The van der Waals surface area contributed by atoms with Crippen molar-refractivity contribution < 1.29 is 4.79 Å². The molecule has 0 unspecified atom stereocenters. The maximum absolute atomic E-state index is 12.1. The molecular formula is C16H17BrN2O. The predicted molar refractivity (Wildman–Crippen MR) is 85.8 cm³/mol. The van der Waals surface area contributed by atoms with E-state index in [2.05, 4.69) is 21.2 Å². The normalized spacial score (nSPS) is 10.2. The van der Waals surface area contributed by atoms with Crippen LogP contribution in [0.5, 0.6) is 0 Å². The predicted octanol–water partition coefficient (Wildman–Crippen LogP) is 4.42. The first-order valence-electron chi connectivity index (χ1n) is 6.38. The minimum Gasteiger partial charge on any atom is -0.323 e. The summed E-state index contributed by atoms with van der Waals surface area (Å²) in [6.45, 7) is 2.59. The third-order valence-electron chi connectivity index (χ3n) is 2.98. The second kappa shape index (κ2) is 6.57. The van der Waals surface area contributed by atoms with E-state index < -0.39 is 0 Å². The summed E-state index contributed by atoms with van der Waals surface area (Å²) in [6, 6.07) is 15.6. The van der Waals surface area contributed by atoms with Crippen molar-refractivity contribution >= 4 is 27.6 Å². The van der Waals surface area contributed by atoms with E-state index in [9.17, 15) is 4.79 Å². The molecule has 2 rings (SSSR count). The Morgan fingerprint density at radius 1 is 1.20 bits per heavy atom. The molecule has 1 N–H and O–H groups in total. The number of amides is 2. The Kier molecular flexibility index (Phi) is 4.79. The molecule has 0 fully saturated rings. The summed E-state index contributed by atoms with van der Waals surface area (Å²) in [5.74, 6) is 0. The van der Waals surface area contributed by atoms with Crippen molar-refractivity contribution in [3.05, 3.63) is 64.1 Å². The average molecular weight is 333 g/mol. The molecule has 4 heteroatoms. The number of rotatable bonds is 3. The number of aryl methyl sites for hydroxylation is 1. The summed E-state index contributed by atoms with van der Waals surface area (Å²) < 4.78 is 0.888. The number of nitrogens with zero attached hydrogens (tertiary/aromatic N) is 1. The van der Waals surface area contributed by atoms with Crippen LogP contribution in [0.4, 0.5) is 10.5 Å². The highest BCUT2D eigenvalue weighted by atomic mass is 79.9. The Morgan fingerprint density at radius 3 is 2.55 bits per heavy atom. The summed E-state index contributed by atoms with van der Waals surface area (Å²) in [5, 5.41) is 2.90. The van der Waals surface area contributed by atoms with Gasteiger partial charge in [-0.25, -0.2) is 4.79 Å². The molecule has 0 aliphatic heterocycles. The van der Waals surface area contributed by atoms with E-state index >= 15 is 0 Å². The molecule has 3 nitrogen and oxygen atoms in total. The first kappa shape index (κ1) is 14.6. The summed E-state index contributed by atoms with van der Waals surface area (Å²) >= 11 is 3.46. The SMILES string of the molecule is Cc1ccc(NC(=O)N(C)Cc2ccccc2)c(Br)c1. The number of halogens is 1. The fraction of sp³-hybridized carbons (Fsp3) is 0.188. The van der Waals surface area contributed by atoms with Gasteiger partial charge in [0.15, 0.2) is 0 Å². The topological polar surface area (TPSA) is 32.3 Å². The minimum atomic E-state index is -0.126. The van der Waals surface area contributed by atoms with Gasteiger partial charge in [-0.2, -0.15) is 0 Å². The molecule has 20 heavy (non-hydrogen) atoms.